The second kappa shape index (κ2) is 8.84. The number of methoxy groups -OCH3 is 1. The van der Waals surface area contributed by atoms with Crippen molar-refractivity contribution in [3.8, 4) is 11.5 Å². The van der Waals surface area contributed by atoms with Crippen LogP contribution in [0, 0.1) is 12.7 Å². The largest absolute Gasteiger partial charge is 0.494 e. The molecule has 0 saturated carbocycles. The van der Waals surface area contributed by atoms with Crippen molar-refractivity contribution in [2.24, 2.45) is 0 Å². The summed E-state index contributed by atoms with van der Waals surface area (Å²) in [6.45, 7) is 4.08. The summed E-state index contributed by atoms with van der Waals surface area (Å²) in [6, 6.07) is 11.2. The summed E-state index contributed by atoms with van der Waals surface area (Å²) in [5, 5.41) is 5.80. The van der Waals surface area contributed by atoms with Crippen LogP contribution in [0.25, 0.3) is 0 Å². The molecule has 1 N–H and O–H groups in total. The summed E-state index contributed by atoms with van der Waals surface area (Å²) < 4.78 is 24.5. The highest BCUT2D eigenvalue weighted by Crippen LogP contribution is 2.22. The lowest BCUT2D eigenvalue weighted by molar-refractivity contribution is 0.0939. The van der Waals surface area contributed by atoms with E-state index in [2.05, 4.69) is 10.3 Å². The van der Waals surface area contributed by atoms with Crippen molar-refractivity contribution < 1.29 is 18.7 Å². The number of hydrogen-bond donors (Lipinski definition) is 1. The van der Waals surface area contributed by atoms with Crippen LogP contribution in [-0.2, 0) is 6.61 Å². The summed E-state index contributed by atoms with van der Waals surface area (Å²) in [5.41, 5.74) is 1.97. The standard InChI is InChI=1S/C21H21FN2O3S/c1-13(15-7-8-20(26-3)19(22)10-15)23-21(25)16-5-4-6-18(9-16)27-11-17-12-28-14(2)24-17/h4-10,12-13H,11H2,1-3H3,(H,23,25). The van der Waals surface area contributed by atoms with Gasteiger partial charge >= 0.3 is 0 Å². The third kappa shape index (κ3) is 4.86. The number of nitrogens with zero attached hydrogens (tertiary/aromatic N) is 1. The van der Waals surface area contributed by atoms with Gasteiger partial charge in [-0.1, -0.05) is 12.1 Å². The van der Waals surface area contributed by atoms with Crippen LogP contribution in [0.2, 0.25) is 0 Å². The van der Waals surface area contributed by atoms with E-state index in [-0.39, 0.29) is 17.7 Å². The number of rotatable bonds is 7. The minimum absolute atomic E-state index is 0.169. The average molecular weight is 400 g/mol. The average Bonchev–Trinajstić information content (AvgIpc) is 3.11. The Hall–Kier alpha value is -2.93. The molecule has 1 heterocycles. The fourth-order valence-corrected chi connectivity index (χ4v) is 3.27. The van der Waals surface area contributed by atoms with Gasteiger partial charge < -0.3 is 14.8 Å². The first kappa shape index (κ1) is 19.8. The SMILES string of the molecule is COc1ccc(C(C)NC(=O)c2cccc(OCc3csc(C)n3)c2)cc1F. The van der Waals surface area contributed by atoms with E-state index in [1.54, 1.807) is 54.7 Å². The van der Waals surface area contributed by atoms with Crippen LogP contribution in [-0.4, -0.2) is 18.0 Å². The summed E-state index contributed by atoms with van der Waals surface area (Å²) in [4.78, 5) is 16.9. The number of nitrogens with one attached hydrogen (secondary N) is 1. The third-order valence-electron chi connectivity index (χ3n) is 4.17. The summed E-state index contributed by atoms with van der Waals surface area (Å²) in [7, 11) is 1.41. The van der Waals surface area contributed by atoms with Crippen LogP contribution in [0.1, 0.15) is 39.6 Å². The Balaban J connectivity index is 1.64. The normalized spacial score (nSPS) is 11.7. The van der Waals surface area contributed by atoms with Gasteiger partial charge in [0.1, 0.15) is 12.4 Å². The Kier molecular flexibility index (Phi) is 6.26. The third-order valence-corrected chi connectivity index (χ3v) is 5.00. The smallest absolute Gasteiger partial charge is 0.251 e. The number of amides is 1. The van der Waals surface area contributed by atoms with Gasteiger partial charge in [-0.2, -0.15) is 0 Å². The minimum atomic E-state index is -0.464. The predicted octanol–water partition coefficient (Wildman–Crippen LogP) is 4.67. The monoisotopic (exact) mass is 400 g/mol. The van der Waals surface area contributed by atoms with E-state index in [9.17, 15) is 9.18 Å². The van der Waals surface area contributed by atoms with E-state index in [0.29, 0.717) is 23.5 Å². The molecule has 0 fully saturated rings. The Morgan fingerprint density at radius 3 is 2.79 bits per heavy atom. The molecule has 7 heteroatoms. The lowest BCUT2D eigenvalue weighted by Gasteiger charge is -2.15. The highest BCUT2D eigenvalue weighted by atomic mass is 32.1. The first-order valence-corrected chi connectivity index (χ1v) is 9.62. The maximum absolute atomic E-state index is 13.9. The number of carbonyl (C=O) groups excluding carboxylic acids is 1. The van der Waals surface area contributed by atoms with Gasteiger partial charge in [0.2, 0.25) is 0 Å². The molecule has 0 saturated heterocycles. The number of ether oxygens (including phenoxy) is 2. The van der Waals surface area contributed by atoms with E-state index in [0.717, 1.165) is 10.7 Å². The quantitative estimate of drug-likeness (QED) is 0.626. The molecule has 0 aliphatic carbocycles. The predicted molar refractivity (Wildman–Crippen MR) is 106 cm³/mol. The van der Waals surface area contributed by atoms with E-state index in [1.165, 1.54) is 13.2 Å². The Bertz CT molecular complexity index is 974. The van der Waals surface area contributed by atoms with Gasteiger partial charge in [-0.3, -0.25) is 4.79 Å². The zero-order chi connectivity index (χ0) is 20.1. The van der Waals surface area contributed by atoms with Gasteiger partial charge in [0, 0.05) is 10.9 Å². The number of thiazole rings is 1. The molecule has 146 valence electrons. The van der Waals surface area contributed by atoms with Crippen LogP contribution >= 0.6 is 11.3 Å². The van der Waals surface area contributed by atoms with Crippen LogP contribution in [0.15, 0.2) is 47.8 Å². The van der Waals surface area contributed by atoms with Gasteiger partial charge in [-0.05, 0) is 49.7 Å². The van der Waals surface area contributed by atoms with E-state index in [4.69, 9.17) is 9.47 Å². The molecule has 1 amide bonds. The molecule has 1 aromatic heterocycles. The second-order valence-corrected chi connectivity index (χ2v) is 7.33. The Morgan fingerprint density at radius 2 is 2.11 bits per heavy atom. The number of benzene rings is 2. The molecule has 1 atom stereocenters. The van der Waals surface area contributed by atoms with Crippen molar-refractivity contribution >= 4 is 17.2 Å². The van der Waals surface area contributed by atoms with Crippen LogP contribution in [0.3, 0.4) is 0 Å². The van der Waals surface area contributed by atoms with Crippen LogP contribution in [0.5, 0.6) is 11.5 Å². The van der Waals surface area contributed by atoms with E-state index >= 15 is 0 Å². The molecule has 0 bridgehead atoms. The first-order valence-electron chi connectivity index (χ1n) is 8.74. The molecule has 3 rings (SSSR count). The van der Waals surface area contributed by atoms with Gasteiger partial charge in [0.15, 0.2) is 11.6 Å². The summed E-state index contributed by atoms with van der Waals surface area (Å²) in [5.74, 6) is 0.0244. The lowest BCUT2D eigenvalue weighted by atomic mass is 10.1. The lowest BCUT2D eigenvalue weighted by Crippen LogP contribution is -2.26. The van der Waals surface area contributed by atoms with Crippen LogP contribution < -0.4 is 14.8 Å². The molecule has 2 aromatic carbocycles. The maximum atomic E-state index is 13.9. The number of aromatic nitrogens is 1. The molecule has 3 aromatic rings. The fourth-order valence-electron chi connectivity index (χ4n) is 2.67. The van der Waals surface area contributed by atoms with Crippen molar-refractivity contribution in [2.75, 3.05) is 7.11 Å². The van der Waals surface area contributed by atoms with Gasteiger partial charge in [0.25, 0.3) is 5.91 Å². The highest BCUT2D eigenvalue weighted by molar-refractivity contribution is 7.09. The van der Waals surface area contributed by atoms with Crippen LogP contribution in [0.4, 0.5) is 4.39 Å². The zero-order valence-corrected chi connectivity index (χ0v) is 16.7. The molecule has 0 radical (unpaired) electrons. The minimum Gasteiger partial charge on any atom is -0.494 e. The van der Waals surface area contributed by atoms with Crippen molar-refractivity contribution in [1.82, 2.24) is 10.3 Å². The number of carbonyl (C=O) groups is 1. The number of aryl methyl sites for hydroxylation is 1. The van der Waals surface area contributed by atoms with Crippen molar-refractivity contribution in [2.45, 2.75) is 26.5 Å². The van der Waals surface area contributed by atoms with Gasteiger partial charge in [-0.25, -0.2) is 9.37 Å². The molecule has 1 unspecified atom stereocenters. The van der Waals surface area contributed by atoms with Gasteiger partial charge in [0.05, 0.1) is 23.9 Å². The van der Waals surface area contributed by atoms with Crippen molar-refractivity contribution in [1.29, 1.82) is 0 Å². The second-order valence-electron chi connectivity index (χ2n) is 6.26. The first-order chi connectivity index (χ1) is 13.5. The molecular formula is C21H21FN2O3S. The molecule has 28 heavy (non-hydrogen) atoms. The molecular weight excluding hydrogens is 379 g/mol. The molecule has 0 aliphatic rings. The maximum Gasteiger partial charge on any atom is 0.251 e. The van der Waals surface area contributed by atoms with E-state index < -0.39 is 5.82 Å². The Labute approximate surface area is 167 Å². The zero-order valence-electron chi connectivity index (χ0n) is 15.9. The summed E-state index contributed by atoms with van der Waals surface area (Å²) in [6.07, 6.45) is 0. The summed E-state index contributed by atoms with van der Waals surface area (Å²) >= 11 is 1.57. The highest BCUT2D eigenvalue weighted by Gasteiger charge is 2.14. The topological polar surface area (TPSA) is 60.5 Å². The fraction of sp³-hybridized carbons (Fsp3) is 0.238. The van der Waals surface area contributed by atoms with E-state index in [1.807, 2.05) is 12.3 Å². The number of hydrogen-bond acceptors (Lipinski definition) is 5. The molecule has 0 aliphatic heterocycles. The molecule has 5 nitrogen and oxygen atoms in total. The van der Waals surface area contributed by atoms with Crippen molar-refractivity contribution in [3.63, 3.8) is 0 Å². The van der Waals surface area contributed by atoms with Crippen molar-refractivity contribution in [3.05, 3.63) is 75.5 Å². The Morgan fingerprint density at radius 1 is 1.29 bits per heavy atom. The van der Waals surface area contributed by atoms with Gasteiger partial charge in [-0.15, -0.1) is 11.3 Å². The number of halogens is 1. The molecule has 0 spiro atoms.